The lowest BCUT2D eigenvalue weighted by atomic mass is 9.95. The highest BCUT2D eigenvalue weighted by Crippen LogP contribution is 2.33. The maximum absolute atomic E-state index is 11.3. The topological polar surface area (TPSA) is 88.2 Å². The third-order valence-electron chi connectivity index (χ3n) is 3.78. The molecule has 124 valence electrons. The summed E-state index contributed by atoms with van der Waals surface area (Å²) < 4.78 is 5.16. The molecule has 0 bridgehead atoms. The third-order valence-corrected chi connectivity index (χ3v) is 3.78. The van der Waals surface area contributed by atoms with Gasteiger partial charge in [-0.1, -0.05) is 26.0 Å². The van der Waals surface area contributed by atoms with Crippen LogP contribution in [0.2, 0.25) is 0 Å². The van der Waals surface area contributed by atoms with Crippen molar-refractivity contribution in [2.24, 2.45) is 5.92 Å². The van der Waals surface area contributed by atoms with Gasteiger partial charge in [0, 0.05) is 6.07 Å². The lowest BCUT2D eigenvalue weighted by Gasteiger charge is -2.24. The molecule has 0 spiro atoms. The number of rotatable bonds is 6. The molecule has 0 aliphatic rings. The molecule has 0 aliphatic carbocycles. The van der Waals surface area contributed by atoms with Crippen LogP contribution in [0, 0.1) is 27.4 Å². The smallest absolute Gasteiger partial charge is 0.293 e. The van der Waals surface area contributed by atoms with E-state index in [2.05, 4.69) is 5.32 Å². The number of anilines is 1. The van der Waals surface area contributed by atoms with E-state index < -0.39 is 4.92 Å². The number of nitro groups is 1. The molecule has 24 heavy (non-hydrogen) atoms. The van der Waals surface area contributed by atoms with Crippen LogP contribution in [0.15, 0.2) is 42.5 Å². The first-order chi connectivity index (χ1) is 11.5. The minimum absolute atomic E-state index is 0.104. The summed E-state index contributed by atoms with van der Waals surface area (Å²) in [4.78, 5) is 10.8. The van der Waals surface area contributed by atoms with Crippen molar-refractivity contribution in [2.45, 2.75) is 19.9 Å². The first-order valence-electron chi connectivity index (χ1n) is 7.55. The molecule has 0 heterocycles. The van der Waals surface area contributed by atoms with Crippen LogP contribution in [0.5, 0.6) is 5.75 Å². The predicted molar refractivity (Wildman–Crippen MR) is 92.0 cm³/mol. The van der Waals surface area contributed by atoms with Gasteiger partial charge in [0.1, 0.15) is 11.4 Å². The summed E-state index contributed by atoms with van der Waals surface area (Å²) in [7, 11) is 1.60. The second-order valence-electron chi connectivity index (χ2n) is 5.74. The van der Waals surface area contributed by atoms with Crippen molar-refractivity contribution >= 4 is 11.4 Å². The first-order valence-corrected chi connectivity index (χ1v) is 7.55. The van der Waals surface area contributed by atoms with Gasteiger partial charge in [0.05, 0.1) is 29.7 Å². The lowest BCUT2D eigenvalue weighted by Crippen LogP contribution is -2.17. The van der Waals surface area contributed by atoms with E-state index in [1.54, 1.807) is 19.2 Å². The molecule has 6 nitrogen and oxygen atoms in total. The number of nitro benzene ring substituents is 1. The fourth-order valence-electron chi connectivity index (χ4n) is 2.49. The van der Waals surface area contributed by atoms with Gasteiger partial charge in [0.25, 0.3) is 5.69 Å². The van der Waals surface area contributed by atoms with Gasteiger partial charge in [0.2, 0.25) is 0 Å². The molecule has 0 aromatic heterocycles. The Morgan fingerprint density at radius 1 is 1.21 bits per heavy atom. The van der Waals surface area contributed by atoms with Gasteiger partial charge in [-0.2, -0.15) is 5.26 Å². The van der Waals surface area contributed by atoms with Crippen molar-refractivity contribution in [1.82, 2.24) is 0 Å². The molecule has 0 radical (unpaired) electrons. The van der Waals surface area contributed by atoms with Gasteiger partial charge in [-0.3, -0.25) is 10.1 Å². The highest BCUT2D eigenvalue weighted by molar-refractivity contribution is 5.65. The monoisotopic (exact) mass is 325 g/mol. The second-order valence-corrected chi connectivity index (χ2v) is 5.74. The van der Waals surface area contributed by atoms with Gasteiger partial charge in [-0.15, -0.1) is 0 Å². The molecule has 2 aromatic rings. The molecule has 0 amide bonds. The molecule has 0 fully saturated rings. The largest absolute Gasteiger partial charge is 0.497 e. The molecular formula is C18H19N3O3. The number of nitrogens with one attached hydrogen (secondary N) is 1. The number of hydrogen-bond acceptors (Lipinski definition) is 5. The average molecular weight is 325 g/mol. The van der Waals surface area contributed by atoms with Gasteiger partial charge in [0.15, 0.2) is 0 Å². The average Bonchev–Trinajstić information content (AvgIpc) is 2.59. The van der Waals surface area contributed by atoms with Crippen LogP contribution in [-0.2, 0) is 0 Å². The van der Waals surface area contributed by atoms with Gasteiger partial charge in [-0.25, -0.2) is 0 Å². The van der Waals surface area contributed by atoms with E-state index in [4.69, 9.17) is 10.00 Å². The number of nitriles is 1. The Bertz CT molecular complexity index is 764. The van der Waals surface area contributed by atoms with Crippen molar-refractivity contribution in [2.75, 3.05) is 12.4 Å². The summed E-state index contributed by atoms with van der Waals surface area (Å²) in [5.41, 5.74) is 1.56. The van der Waals surface area contributed by atoms with Crippen LogP contribution in [0.3, 0.4) is 0 Å². The molecule has 1 N–H and O–H groups in total. The SMILES string of the molecule is COc1ccc(C(Nc2ccc(C#N)cc2[N+](=O)[O-])C(C)C)cc1. The zero-order chi connectivity index (χ0) is 17.7. The summed E-state index contributed by atoms with van der Waals surface area (Å²) in [5.74, 6) is 0.958. The van der Waals surface area contributed by atoms with E-state index in [0.717, 1.165) is 11.3 Å². The number of ether oxygens (including phenoxy) is 1. The van der Waals surface area contributed by atoms with Crippen LogP contribution in [0.1, 0.15) is 31.0 Å². The molecular weight excluding hydrogens is 306 g/mol. The van der Waals surface area contributed by atoms with Crippen molar-refractivity contribution < 1.29 is 9.66 Å². The van der Waals surface area contributed by atoms with E-state index >= 15 is 0 Å². The lowest BCUT2D eigenvalue weighted by molar-refractivity contribution is -0.384. The standard InChI is InChI=1S/C18H19N3O3/c1-12(2)18(14-5-7-15(24-3)8-6-14)20-16-9-4-13(11-19)10-17(16)21(22)23/h4-10,12,18,20H,1-3H3. The summed E-state index contributed by atoms with van der Waals surface area (Å²) in [6.45, 7) is 4.08. The van der Waals surface area contributed by atoms with Gasteiger partial charge >= 0.3 is 0 Å². The molecule has 1 unspecified atom stereocenters. The van der Waals surface area contributed by atoms with Crippen LogP contribution < -0.4 is 10.1 Å². The fourth-order valence-corrected chi connectivity index (χ4v) is 2.49. The quantitative estimate of drug-likeness (QED) is 0.632. The summed E-state index contributed by atoms with van der Waals surface area (Å²) in [6.07, 6.45) is 0. The summed E-state index contributed by atoms with van der Waals surface area (Å²) in [6, 6.07) is 13.8. The number of benzene rings is 2. The Labute approximate surface area is 140 Å². The molecule has 2 aromatic carbocycles. The van der Waals surface area contributed by atoms with Crippen molar-refractivity contribution in [3.8, 4) is 11.8 Å². The molecule has 2 rings (SSSR count). The molecule has 6 heteroatoms. The molecule has 0 aliphatic heterocycles. The maximum Gasteiger partial charge on any atom is 0.293 e. The van der Waals surface area contributed by atoms with Crippen LogP contribution in [0.25, 0.3) is 0 Å². The first kappa shape index (κ1) is 17.3. The molecule has 1 atom stereocenters. The van der Waals surface area contributed by atoms with Crippen molar-refractivity contribution in [1.29, 1.82) is 5.26 Å². The Morgan fingerprint density at radius 2 is 1.88 bits per heavy atom. The predicted octanol–water partition coefficient (Wildman–Crippen LogP) is 4.28. The zero-order valence-corrected chi connectivity index (χ0v) is 13.8. The van der Waals surface area contributed by atoms with E-state index in [1.165, 1.54) is 6.07 Å². The molecule has 0 saturated heterocycles. The third kappa shape index (κ3) is 3.82. The second kappa shape index (κ2) is 7.47. The van der Waals surface area contributed by atoms with Crippen LogP contribution in [-0.4, -0.2) is 12.0 Å². The minimum Gasteiger partial charge on any atom is -0.497 e. The van der Waals surface area contributed by atoms with E-state index in [1.807, 2.05) is 44.2 Å². The van der Waals surface area contributed by atoms with E-state index in [0.29, 0.717) is 5.69 Å². The highest BCUT2D eigenvalue weighted by Gasteiger charge is 2.21. The van der Waals surface area contributed by atoms with Crippen LogP contribution >= 0.6 is 0 Å². The molecule has 0 saturated carbocycles. The normalized spacial score (nSPS) is 11.6. The van der Waals surface area contributed by atoms with E-state index in [9.17, 15) is 10.1 Å². The Morgan fingerprint density at radius 3 is 2.38 bits per heavy atom. The Kier molecular flexibility index (Phi) is 5.38. The number of nitrogens with zero attached hydrogens (tertiary/aromatic N) is 2. The summed E-state index contributed by atoms with van der Waals surface area (Å²) >= 11 is 0. The minimum atomic E-state index is -0.478. The van der Waals surface area contributed by atoms with Gasteiger partial charge < -0.3 is 10.1 Å². The van der Waals surface area contributed by atoms with E-state index in [-0.39, 0.29) is 23.2 Å². The number of hydrogen-bond donors (Lipinski definition) is 1. The Hall–Kier alpha value is -3.07. The fraction of sp³-hybridized carbons (Fsp3) is 0.278. The highest BCUT2D eigenvalue weighted by atomic mass is 16.6. The van der Waals surface area contributed by atoms with Crippen molar-refractivity contribution in [3.05, 3.63) is 63.7 Å². The number of methoxy groups -OCH3 is 1. The summed E-state index contributed by atoms with van der Waals surface area (Å²) in [5, 5.41) is 23.5. The van der Waals surface area contributed by atoms with Crippen molar-refractivity contribution in [3.63, 3.8) is 0 Å². The maximum atomic E-state index is 11.3. The van der Waals surface area contributed by atoms with Crippen LogP contribution in [0.4, 0.5) is 11.4 Å². The van der Waals surface area contributed by atoms with Gasteiger partial charge in [-0.05, 0) is 35.7 Å². The zero-order valence-electron chi connectivity index (χ0n) is 13.8. The Balaban J connectivity index is 2.37.